The van der Waals surface area contributed by atoms with Crippen LogP contribution in [-0.2, 0) is 11.0 Å². The van der Waals surface area contributed by atoms with Gasteiger partial charge in [0.15, 0.2) is 0 Å². The van der Waals surface area contributed by atoms with Crippen LogP contribution >= 0.6 is 0 Å². The molecule has 0 aliphatic carbocycles. The first-order chi connectivity index (χ1) is 9.90. The van der Waals surface area contributed by atoms with Crippen LogP contribution in [0.15, 0.2) is 49.2 Å². The van der Waals surface area contributed by atoms with E-state index in [1.807, 2.05) is 0 Å². The fourth-order valence-corrected chi connectivity index (χ4v) is 1.58. The molecule has 0 saturated carbocycles. The number of hydrogen-bond donors (Lipinski definition) is 1. The van der Waals surface area contributed by atoms with Crippen LogP contribution in [-0.4, -0.2) is 16.1 Å². The second kappa shape index (κ2) is 5.74. The minimum atomic E-state index is -4.47. The minimum absolute atomic E-state index is 0.103. The molecule has 2 rings (SSSR count). The van der Waals surface area contributed by atoms with Crippen molar-refractivity contribution < 1.29 is 18.0 Å². The van der Waals surface area contributed by atoms with Crippen LogP contribution in [0.4, 0.5) is 18.9 Å². The summed E-state index contributed by atoms with van der Waals surface area (Å²) in [6, 6.07) is 7.12. The van der Waals surface area contributed by atoms with E-state index in [1.165, 1.54) is 0 Å². The molecule has 0 radical (unpaired) electrons. The summed E-state index contributed by atoms with van der Waals surface area (Å²) in [7, 11) is 0. The van der Waals surface area contributed by atoms with E-state index in [1.54, 1.807) is 24.3 Å². The normalized spacial score (nSPS) is 11.0. The lowest BCUT2D eigenvalue weighted by Crippen LogP contribution is -2.07. The van der Waals surface area contributed by atoms with Crippen molar-refractivity contribution in [3.8, 4) is 11.3 Å². The van der Waals surface area contributed by atoms with Crippen LogP contribution in [0.5, 0.6) is 0 Å². The highest BCUT2D eigenvalue weighted by Gasteiger charge is 2.31. The molecule has 0 bridgehead atoms. The summed E-state index contributed by atoms with van der Waals surface area (Å²) in [6.07, 6.45) is -2.68. The lowest BCUT2D eigenvalue weighted by molar-refractivity contribution is -0.137. The van der Waals surface area contributed by atoms with Crippen molar-refractivity contribution in [3.63, 3.8) is 0 Å². The Hall–Kier alpha value is -2.70. The molecule has 108 valence electrons. The molecule has 4 nitrogen and oxygen atoms in total. The number of nitrogens with one attached hydrogen (secondary N) is 1. The number of carbonyl (C=O) groups is 1. The van der Waals surface area contributed by atoms with E-state index in [4.69, 9.17) is 0 Å². The molecule has 0 unspecified atom stereocenters. The Labute approximate surface area is 118 Å². The maximum absolute atomic E-state index is 12.6. The molecule has 7 heteroatoms. The molecule has 1 aromatic carbocycles. The molecule has 1 aromatic heterocycles. The van der Waals surface area contributed by atoms with Crippen molar-refractivity contribution in [1.29, 1.82) is 0 Å². The van der Waals surface area contributed by atoms with Gasteiger partial charge in [0.2, 0.25) is 5.91 Å². The molecule has 2 aromatic rings. The number of rotatable bonds is 3. The molecule has 0 spiro atoms. The number of amides is 1. The van der Waals surface area contributed by atoms with E-state index in [0.29, 0.717) is 17.4 Å². The van der Waals surface area contributed by atoms with Gasteiger partial charge in [0.1, 0.15) is 0 Å². The van der Waals surface area contributed by atoms with Gasteiger partial charge in [-0.2, -0.15) is 23.4 Å². The molecule has 0 atom stereocenters. The van der Waals surface area contributed by atoms with E-state index in [9.17, 15) is 18.0 Å². The SMILES string of the molecule is C=CC(=O)Nc1ccc(-c2cc(C(F)(F)F)cnn2)cc1. The van der Waals surface area contributed by atoms with E-state index in [2.05, 4.69) is 22.1 Å². The Bertz CT molecular complexity index is 666. The largest absolute Gasteiger partial charge is 0.418 e. The highest BCUT2D eigenvalue weighted by Crippen LogP contribution is 2.30. The number of carbonyl (C=O) groups excluding carboxylic acids is 1. The summed E-state index contributed by atoms with van der Waals surface area (Å²) in [5.74, 6) is -0.374. The third-order valence-corrected chi connectivity index (χ3v) is 2.62. The Morgan fingerprint density at radius 3 is 2.48 bits per heavy atom. The number of hydrogen-bond acceptors (Lipinski definition) is 3. The fraction of sp³-hybridized carbons (Fsp3) is 0.0714. The average Bonchev–Trinajstić information content (AvgIpc) is 2.47. The van der Waals surface area contributed by atoms with Crippen LogP contribution in [0.2, 0.25) is 0 Å². The first kappa shape index (κ1) is 14.7. The van der Waals surface area contributed by atoms with Crippen LogP contribution in [0.3, 0.4) is 0 Å². The van der Waals surface area contributed by atoms with Gasteiger partial charge < -0.3 is 5.32 Å². The summed E-state index contributed by atoms with van der Waals surface area (Å²) < 4.78 is 37.8. The fourth-order valence-electron chi connectivity index (χ4n) is 1.58. The standard InChI is InChI=1S/C14H10F3N3O/c1-2-13(21)19-11-5-3-9(4-6-11)12-7-10(8-18-20-12)14(15,16)17/h2-8H,1H2,(H,19,21). The summed E-state index contributed by atoms with van der Waals surface area (Å²) in [5.41, 5.74) is 0.205. The smallest absolute Gasteiger partial charge is 0.323 e. The minimum Gasteiger partial charge on any atom is -0.323 e. The zero-order valence-electron chi connectivity index (χ0n) is 10.7. The molecular formula is C14H10F3N3O. The predicted octanol–water partition coefficient (Wildman–Crippen LogP) is 3.29. The van der Waals surface area contributed by atoms with Crippen LogP contribution in [0.25, 0.3) is 11.3 Å². The maximum atomic E-state index is 12.6. The van der Waals surface area contributed by atoms with Crippen LogP contribution in [0.1, 0.15) is 5.56 Å². The Balaban J connectivity index is 2.27. The summed E-state index contributed by atoms with van der Waals surface area (Å²) >= 11 is 0. The van der Waals surface area contributed by atoms with Gasteiger partial charge in [-0.1, -0.05) is 18.7 Å². The average molecular weight is 293 g/mol. The van der Waals surface area contributed by atoms with Crippen molar-refractivity contribution in [2.24, 2.45) is 0 Å². The van der Waals surface area contributed by atoms with Gasteiger partial charge in [0.25, 0.3) is 0 Å². The van der Waals surface area contributed by atoms with E-state index in [0.717, 1.165) is 12.1 Å². The van der Waals surface area contributed by atoms with Crippen molar-refractivity contribution in [2.45, 2.75) is 6.18 Å². The second-order valence-corrected chi connectivity index (χ2v) is 4.10. The van der Waals surface area contributed by atoms with Crippen LogP contribution < -0.4 is 5.32 Å². The van der Waals surface area contributed by atoms with E-state index < -0.39 is 11.7 Å². The molecule has 0 aliphatic rings. The van der Waals surface area contributed by atoms with Crippen molar-refractivity contribution in [2.75, 3.05) is 5.32 Å². The molecule has 1 N–H and O–H groups in total. The topological polar surface area (TPSA) is 54.9 Å². The van der Waals surface area contributed by atoms with Crippen molar-refractivity contribution >= 4 is 11.6 Å². The zero-order valence-corrected chi connectivity index (χ0v) is 10.7. The van der Waals surface area contributed by atoms with Crippen molar-refractivity contribution in [3.05, 3.63) is 54.7 Å². The maximum Gasteiger partial charge on any atom is 0.418 e. The lowest BCUT2D eigenvalue weighted by atomic mass is 10.1. The highest BCUT2D eigenvalue weighted by atomic mass is 19.4. The Morgan fingerprint density at radius 1 is 1.24 bits per heavy atom. The van der Waals surface area contributed by atoms with Gasteiger partial charge in [0.05, 0.1) is 17.5 Å². The number of nitrogens with zero attached hydrogens (tertiary/aromatic N) is 2. The molecule has 21 heavy (non-hydrogen) atoms. The summed E-state index contributed by atoms with van der Waals surface area (Å²) in [6.45, 7) is 3.32. The lowest BCUT2D eigenvalue weighted by Gasteiger charge is -2.08. The molecule has 1 amide bonds. The summed E-state index contributed by atoms with van der Waals surface area (Å²) in [4.78, 5) is 11.1. The molecule has 0 saturated heterocycles. The number of benzene rings is 1. The van der Waals surface area contributed by atoms with Crippen LogP contribution in [0, 0.1) is 0 Å². The van der Waals surface area contributed by atoms with Gasteiger partial charge in [-0.05, 0) is 24.3 Å². The van der Waals surface area contributed by atoms with Gasteiger partial charge in [0, 0.05) is 11.3 Å². The highest BCUT2D eigenvalue weighted by molar-refractivity contribution is 5.98. The molecular weight excluding hydrogens is 283 g/mol. The molecule has 0 aliphatic heterocycles. The second-order valence-electron chi connectivity index (χ2n) is 4.10. The molecule has 1 heterocycles. The van der Waals surface area contributed by atoms with Gasteiger partial charge in [-0.3, -0.25) is 4.79 Å². The van der Waals surface area contributed by atoms with Gasteiger partial charge in [-0.25, -0.2) is 0 Å². The third-order valence-electron chi connectivity index (χ3n) is 2.62. The van der Waals surface area contributed by atoms with Gasteiger partial charge in [-0.15, -0.1) is 0 Å². The first-order valence-corrected chi connectivity index (χ1v) is 5.84. The van der Waals surface area contributed by atoms with E-state index >= 15 is 0 Å². The molecule has 0 fully saturated rings. The zero-order chi connectivity index (χ0) is 15.5. The van der Waals surface area contributed by atoms with Crippen molar-refractivity contribution in [1.82, 2.24) is 10.2 Å². The summed E-state index contributed by atoms with van der Waals surface area (Å²) in [5, 5.41) is 9.57. The number of halogens is 3. The monoisotopic (exact) mass is 293 g/mol. The number of alkyl halides is 3. The predicted molar refractivity (Wildman–Crippen MR) is 71.3 cm³/mol. The van der Waals surface area contributed by atoms with E-state index in [-0.39, 0.29) is 11.6 Å². The quantitative estimate of drug-likeness (QED) is 0.883. The first-order valence-electron chi connectivity index (χ1n) is 5.84. The Morgan fingerprint density at radius 2 is 1.90 bits per heavy atom. The third kappa shape index (κ3) is 3.65. The number of anilines is 1. The Kier molecular flexibility index (Phi) is 4.02. The van der Waals surface area contributed by atoms with Gasteiger partial charge >= 0.3 is 6.18 Å². The number of aromatic nitrogens is 2.